The van der Waals surface area contributed by atoms with Crippen molar-refractivity contribution in [1.82, 2.24) is 0 Å². The summed E-state index contributed by atoms with van der Waals surface area (Å²) in [6.45, 7) is 1.64. The first-order valence-corrected chi connectivity index (χ1v) is 5.57. The molecule has 1 rings (SSSR count). The van der Waals surface area contributed by atoms with Crippen LogP contribution in [0.5, 0.6) is 0 Å². The van der Waals surface area contributed by atoms with Crippen molar-refractivity contribution in [2.45, 2.75) is 6.92 Å². The maximum absolute atomic E-state index is 10.8. The summed E-state index contributed by atoms with van der Waals surface area (Å²) in [5.74, 6) is -0.152. The highest BCUT2D eigenvalue weighted by Gasteiger charge is 2.09. The van der Waals surface area contributed by atoms with Crippen LogP contribution >= 0.6 is 0 Å². The lowest BCUT2D eigenvalue weighted by molar-refractivity contribution is -0.110. The molecule has 76 valence electrons. The second-order valence-electron chi connectivity index (χ2n) is 2.82. The van der Waals surface area contributed by atoms with Gasteiger partial charge in [-0.15, -0.1) is 0 Å². The molecule has 0 unspecified atom stereocenters. The number of ketones is 1. The van der Waals surface area contributed by atoms with Crippen LogP contribution in [0.25, 0.3) is 0 Å². The molecule has 0 radical (unpaired) electrons. The van der Waals surface area contributed by atoms with E-state index < -0.39 is 10.1 Å². The van der Waals surface area contributed by atoms with Gasteiger partial charge >= 0.3 is 10.1 Å². The summed E-state index contributed by atoms with van der Waals surface area (Å²) in [6, 6.07) is 0. The Hall–Kier alpha value is -1.43. The van der Waals surface area contributed by atoms with Gasteiger partial charge in [-0.05, 0) is 30.7 Å². The van der Waals surface area contributed by atoms with E-state index in [9.17, 15) is 13.2 Å². The number of carbonyl (C=O) groups is 1. The van der Waals surface area contributed by atoms with Gasteiger partial charge < -0.3 is 0 Å². The molecule has 0 atom stereocenters. The molecule has 14 heavy (non-hydrogen) atoms. The van der Waals surface area contributed by atoms with E-state index in [1.807, 2.05) is 0 Å². The maximum atomic E-state index is 10.8. The Kier molecular flexibility index (Phi) is 2.85. The van der Waals surface area contributed by atoms with Crippen LogP contribution in [0.15, 0.2) is 29.0 Å². The smallest absolute Gasteiger partial charge is 0.290 e. The first-order valence-electron chi connectivity index (χ1n) is 3.76. The minimum atomic E-state index is -3.59. The SMILES string of the molecule is CC1=CC(=O)C=CC1=NOS(C)(=O)=O. The van der Waals surface area contributed by atoms with E-state index in [-0.39, 0.29) is 5.78 Å². The molecule has 0 fully saturated rings. The van der Waals surface area contributed by atoms with Gasteiger partial charge in [-0.2, -0.15) is 8.42 Å². The molecule has 0 bridgehead atoms. The lowest BCUT2D eigenvalue weighted by Gasteiger charge is -2.04. The van der Waals surface area contributed by atoms with Crippen LogP contribution in [0, 0.1) is 0 Å². The number of carbonyl (C=O) groups excluding carboxylic acids is 1. The van der Waals surface area contributed by atoms with Crippen LogP contribution in [0.2, 0.25) is 0 Å². The Labute approximate surface area is 81.9 Å². The van der Waals surface area contributed by atoms with Crippen molar-refractivity contribution in [1.29, 1.82) is 0 Å². The number of rotatable bonds is 2. The number of hydrogen-bond donors (Lipinski definition) is 0. The monoisotopic (exact) mass is 215 g/mol. The zero-order valence-electron chi connectivity index (χ0n) is 7.72. The molecule has 0 saturated heterocycles. The minimum absolute atomic E-state index is 0.152. The quantitative estimate of drug-likeness (QED) is 0.494. The molecule has 1 aliphatic carbocycles. The summed E-state index contributed by atoms with van der Waals surface area (Å²) in [4.78, 5) is 10.8. The Morgan fingerprint density at radius 2 is 2.00 bits per heavy atom. The summed E-state index contributed by atoms with van der Waals surface area (Å²) >= 11 is 0. The fraction of sp³-hybridized carbons (Fsp3) is 0.250. The van der Waals surface area contributed by atoms with Crippen LogP contribution in [0.4, 0.5) is 0 Å². The van der Waals surface area contributed by atoms with Crippen LogP contribution in [0.1, 0.15) is 6.92 Å². The summed E-state index contributed by atoms with van der Waals surface area (Å²) in [7, 11) is -3.59. The van der Waals surface area contributed by atoms with Crippen LogP contribution in [0.3, 0.4) is 0 Å². The third-order valence-corrected chi connectivity index (χ3v) is 1.78. The Bertz CT molecular complexity index is 442. The zero-order valence-corrected chi connectivity index (χ0v) is 8.54. The molecule has 0 aliphatic heterocycles. The van der Waals surface area contributed by atoms with Crippen LogP contribution in [-0.2, 0) is 19.2 Å². The maximum Gasteiger partial charge on any atom is 0.325 e. The molecule has 0 heterocycles. The third-order valence-electron chi connectivity index (χ3n) is 1.44. The Balaban J connectivity index is 2.86. The minimum Gasteiger partial charge on any atom is -0.290 e. The van der Waals surface area contributed by atoms with Crippen LogP contribution in [-0.4, -0.2) is 26.2 Å². The summed E-state index contributed by atoms with van der Waals surface area (Å²) in [5.41, 5.74) is 0.899. The predicted molar refractivity (Wildman–Crippen MR) is 51.3 cm³/mol. The number of allylic oxidation sites excluding steroid dienone is 4. The normalized spacial score (nSPS) is 19.7. The standard InChI is InChI=1S/C8H9NO4S/c1-6-5-7(10)3-4-8(6)9-13-14(2,11)12/h3-5H,1-2H3. The number of nitrogens with zero attached hydrogens (tertiary/aromatic N) is 1. The largest absolute Gasteiger partial charge is 0.325 e. The summed E-state index contributed by atoms with van der Waals surface area (Å²) in [6.07, 6.45) is 4.94. The van der Waals surface area contributed by atoms with Gasteiger partial charge in [-0.3, -0.25) is 9.08 Å². The molecule has 1 aliphatic rings. The van der Waals surface area contributed by atoms with Crippen molar-refractivity contribution in [2.75, 3.05) is 6.26 Å². The van der Waals surface area contributed by atoms with Gasteiger partial charge in [0.15, 0.2) is 5.78 Å². The van der Waals surface area contributed by atoms with Gasteiger partial charge in [0.2, 0.25) is 0 Å². The van der Waals surface area contributed by atoms with Gasteiger partial charge in [-0.25, -0.2) is 0 Å². The fourth-order valence-electron chi connectivity index (χ4n) is 0.838. The molecule has 0 amide bonds. The zero-order chi connectivity index (χ0) is 10.8. The second-order valence-corrected chi connectivity index (χ2v) is 4.38. The van der Waals surface area contributed by atoms with Crippen molar-refractivity contribution in [2.24, 2.45) is 5.16 Å². The average Bonchev–Trinajstić information content (AvgIpc) is 2.00. The predicted octanol–water partition coefficient (Wildman–Crippen LogP) is 0.404. The molecular weight excluding hydrogens is 206 g/mol. The fourth-order valence-corrected chi connectivity index (χ4v) is 1.05. The topological polar surface area (TPSA) is 72.8 Å². The van der Waals surface area contributed by atoms with E-state index in [1.165, 1.54) is 18.2 Å². The molecule has 0 spiro atoms. The summed E-state index contributed by atoms with van der Waals surface area (Å²) in [5, 5.41) is 3.39. The molecule has 5 nitrogen and oxygen atoms in total. The first-order chi connectivity index (χ1) is 6.38. The number of hydrogen-bond acceptors (Lipinski definition) is 5. The van der Waals surface area contributed by atoms with E-state index in [4.69, 9.17) is 0 Å². The van der Waals surface area contributed by atoms with Gasteiger partial charge in [0.05, 0.1) is 6.26 Å². The van der Waals surface area contributed by atoms with Crippen molar-refractivity contribution in [3.63, 3.8) is 0 Å². The van der Waals surface area contributed by atoms with E-state index in [1.54, 1.807) is 6.92 Å². The van der Waals surface area contributed by atoms with Gasteiger partial charge in [-0.1, -0.05) is 5.16 Å². The van der Waals surface area contributed by atoms with E-state index in [0.717, 1.165) is 6.26 Å². The van der Waals surface area contributed by atoms with Gasteiger partial charge in [0.1, 0.15) is 5.71 Å². The molecule has 0 aromatic carbocycles. The molecule has 0 aromatic heterocycles. The average molecular weight is 215 g/mol. The summed E-state index contributed by atoms with van der Waals surface area (Å²) < 4.78 is 25.4. The lowest BCUT2D eigenvalue weighted by Crippen LogP contribution is -2.07. The van der Waals surface area contributed by atoms with Gasteiger partial charge in [0.25, 0.3) is 0 Å². The highest BCUT2D eigenvalue weighted by molar-refractivity contribution is 7.85. The van der Waals surface area contributed by atoms with Gasteiger partial charge in [0, 0.05) is 0 Å². The van der Waals surface area contributed by atoms with Crippen molar-refractivity contribution in [3.8, 4) is 0 Å². The number of oxime groups is 1. The molecule has 6 heteroatoms. The third kappa shape index (κ3) is 3.14. The molecule has 0 aromatic rings. The van der Waals surface area contributed by atoms with E-state index in [2.05, 4.69) is 9.44 Å². The Morgan fingerprint density at radius 1 is 1.36 bits per heavy atom. The van der Waals surface area contributed by atoms with Crippen LogP contribution < -0.4 is 0 Å². The first kappa shape index (κ1) is 10.6. The van der Waals surface area contributed by atoms with Crippen molar-refractivity contribution < 1.29 is 17.5 Å². The highest BCUT2D eigenvalue weighted by Crippen LogP contribution is 2.06. The second kappa shape index (κ2) is 3.75. The van der Waals surface area contributed by atoms with Crippen molar-refractivity contribution in [3.05, 3.63) is 23.8 Å². The van der Waals surface area contributed by atoms with Crippen molar-refractivity contribution >= 4 is 21.6 Å². The lowest BCUT2D eigenvalue weighted by atomic mass is 10.1. The van der Waals surface area contributed by atoms with E-state index in [0.29, 0.717) is 11.3 Å². The molecule has 0 N–H and O–H groups in total. The molecule has 0 saturated carbocycles. The van der Waals surface area contributed by atoms with E-state index >= 15 is 0 Å². The molecular formula is C8H9NO4S. The Morgan fingerprint density at radius 3 is 2.50 bits per heavy atom. The highest BCUT2D eigenvalue weighted by atomic mass is 32.2.